The lowest BCUT2D eigenvalue weighted by Crippen LogP contribution is -2.54. The molecule has 0 amide bonds. The number of rotatable bonds is 9. The summed E-state index contributed by atoms with van der Waals surface area (Å²) in [4.78, 5) is 0. The first kappa shape index (κ1) is 27.7. The van der Waals surface area contributed by atoms with E-state index in [0.717, 1.165) is 47.1 Å². The number of nitrogens with zero attached hydrogens (tertiary/aromatic N) is 3. The molecular weight excluding hydrogens is 454 g/mol. The van der Waals surface area contributed by atoms with Gasteiger partial charge in [0, 0.05) is 6.04 Å². The molecular formula is C33H57N3O. The second-order valence-electron chi connectivity index (χ2n) is 15.2. The van der Waals surface area contributed by atoms with E-state index in [4.69, 9.17) is 4.74 Å². The van der Waals surface area contributed by atoms with Gasteiger partial charge in [-0.15, -0.1) is 5.10 Å². The maximum atomic E-state index is 6.45. The summed E-state index contributed by atoms with van der Waals surface area (Å²) in [5.41, 5.74) is 2.12. The summed E-state index contributed by atoms with van der Waals surface area (Å²) in [6, 6.07) is 0.354. The van der Waals surface area contributed by atoms with Gasteiger partial charge in [-0.05, 0) is 124 Å². The van der Waals surface area contributed by atoms with Crippen molar-refractivity contribution >= 4 is 0 Å². The Bertz CT molecular complexity index is 894. The van der Waals surface area contributed by atoms with Gasteiger partial charge in [0.05, 0.1) is 18.9 Å². The minimum absolute atomic E-state index is 0.354. The van der Waals surface area contributed by atoms with Crippen LogP contribution < -0.4 is 0 Å². The average Bonchev–Trinajstić information content (AvgIpc) is 3.47. The molecule has 4 aliphatic carbocycles. The molecule has 1 aromatic rings. The van der Waals surface area contributed by atoms with Gasteiger partial charge < -0.3 is 4.74 Å². The highest BCUT2D eigenvalue weighted by Crippen LogP contribution is 2.68. The minimum atomic E-state index is 0.354. The Morgan fingerprint density at radius 2 is 1.68 bits per heavy atom. The van der Waals surface area contributed by atoms with Gasteiger partial charge in [0.25, 0.3) is 0 Å². The van der Waals surface area contributed by atoms with Crippen molar-refractivity contribution in [2.45, 2.75) is 144 Å². The van der Waals surface area contributed by atoms with Crippen LogP contribution in [0.2, 0.25) is 0 Å². The number of hydrogen-bond donors (Lipinski definition) is 0. The lowest BCUT2D eigenvalue weighted by atomic mass is 9.44. The van der Waals surface area contributed by atoms with Gasteiger partial charge in [-0.3, -0.25) is 0 Å². The van der Waals surface area contributed by atoms with E-state index >= 15 is 0 Å². The fourth-order valence-electron chi connectivity index (χ4n) is 10.2. The standard InChI is InChI=1S/C33H57N3O/c1-22(2)9-8-10-24(5)29-13-14-30-28-12-11-25-19-27(37-21-26-20-36(23(3)4)35-34-26)15-17-32(25,6)31(28)16-18-33(29,30)7/h20,22-25,27-31H,8-19,21H2,1-7H3/t24-,25?,27+,28?,29?,30?,31?,32+,33-/m1/s1. The summed E-state index contributed by atoms with van der Waals surface area (Å²) in [7, 11) is 0. The second-order valence-corrected chi connectivity index (χ2v) is 15.2. The van der Waals surface area contributed by atoms with E-state index in [1.807, 2.05) is 4.68 Å². The summed E-state index contributed by atoms with van der Waals surface area (Å²) < 4.78 is 8.39. The zero-order valence-corrected chi connectivity index (χ0v) is 25.2. The molecule has 1 aromatic heterocycles. The monoisotopic (exact) mass is 511 g/mol. The van der Waals surface area contributed by atoms with E-state index in [2.05, 4.69) is 65.0 Å². The summed E-state index contributed by atoms with van der Waals surface area (Å²) in [6.45, 7) is 17.7. The van der Waals surface area contributed by atoms with Crippen molar-refractivity contribution in [3.05, 3.63) is 11.9 Å². The fourth-order valence-corrected chi connectivity index (χ4v) is 10.2. The average molecular weight is 512 g/mol. The number of hydrogen-bond acceptors (Lipinski definition) is 3. The zero-order chi connectivity index (χ0) is 26.4. The molecule has 0 aliphatic heterocycles. The van der Waals surface area contributed by atoms with E-state index in [1.165, 1.54) is 77.0 Å². The van der Waals surface area contributed by atoms with Crippen molar-refractivity contribution in [1.29, 1.82) is 0 Å². The smallest absolute Gasteiger partial charge is 0.108 e. The van der Waals surface area contributed by atoms with Gasteiger partial charge in [-0.1, -0.05) is 59.1 Å². The summed E-state index contributed by atoms with van der Waals surface area (Å²) in [5, 5.41) is 8.60. The van der Waals surface area contributed by atoms with Crippen molar-refractivity contribution < 1.29 is 4.74 Å². The minimum Gasteiger partial charge on any atom is -0.372 e. The van der Waals surface area contributed by atoms with Gasteiger partial charge in [-0.25, -0.2) is 4.68 Å². The van der Waals surface area contributed by atoms with Crippen LogP contribution in [0.1, 0.15) is 137 Å². The SMILES string of the molecule is CC(C)CCC[C@@H](C)C1CCC2C3CCC4C[C@@H](OCc5cn(C(C)C)nn5)CC[C@]4(C)C3CC[C@@]21C. The molecule has 0 radical (unpaired) electrons. The second kappa shape index (κ2) is 10.9. The van der Waals surface area contributed by atoms with Crippen LogP contribution in [0, 0.1) is 52.3 Å². The first-order chi connectivity index (χ1) is 17.6. The van der Waals surface area contributed by atoms with E-state index in [1.54, 1.807) is 0 Å². The molecule has 9 atom stereocenters. The first-order valence-electron chi connectivity index (χ1n) is 16.1. The fraction of sp³-hybridized carbons (Fsp3) is 0.939. The maximum Gasteiger partial charge on any atom is 0.108 e. The lowest BCUT2D eigenvalue weighted by molar-refractivity contribution is -0.138. The van der Waals surface area contributed by atoms with E-state index < -0.39 is 0 Å². The van der Waals surface area contributed by atoms with Gasteiger partial charge in [0.1, 0.15) is 5.69 Å². The third-order valence-corrected chi connectivity index (χ3v) is 12.4. The maximum absolute atomic E-state index is 6.45. The molecule has 4 fully saturated rings. The number of aromatic nitrogens is 3. The summed E-state index contributed by atoms with van der Waals surface area (Å²) in [5.74, 6) is 6.49. The van der Waals surface area contributed by atoms with Crippen LogP contribution in [0.5, 0.6) is 0 Å². The molecule has 37 heavy (non-hydrogen) atoms. The topological polar surface area (TPSA) is 39.9 Å². The third-order valence-electron chi connectivity index (χ3n) is 12.4. The van der Waals surface area contributed by atoms with Gasteiger partial charge in [-0.2, -0.15) is 0 Å². The van der Waals surface area contributed by atoms with Crippen LogP contribution in [0.15, 0.2) is 6.20 Å². The lowest BCUT2D eigenvalue weighted by Gasteiger charge is -2.61. The predicted molar refractivity (Wildman–Crippen MR) is 152 cm³/mol. The van der Waals surface area contributed by atoms with E-state index in [9.17, 15) is 0 Å². The number of ether oxygens (including phenoxy) is 1. The molecule has 1 heterocycles. The van der Waals surface area contributed by atoms with Crippen molar-refractivity contribution in [1.82, 2.24) is 15.0 Å². The zero-order valence-electron chi connectivity index (χ0n) is 25.2. The van der Waals surface area contributed by atoms with Gasteiger partial charge in [0.15, 0.2) is 0 Å². The first-order valence-corrected chi connectivity index (χ1v) is 16.1. The van der Waals surface area contributed by atoms with Crippen molar-refractivity contribution in [2.24, 2.45) is 52.3 Å². The Morgan fingerprint density at radius 3 is 2.41 bits per heavy atom. The van der Waals surface area contributed by atoms with Gasteiger partial charge in [0.2, 0.25) is 0 Å². The van der Waals surface area contributed by atoms with E-state index in [-0.39, 0.29) is 0 Å². The Kier molecular flexibility index (Phi) is 8.17. The van der Waals surface area contributed by atoms with Crippen LogP contribution in [0.3, 0.4) is 0 Å². The number of fused-ring (bicyclic) bond motifs is 5. The quantitative estimate of drug-likeness (QED) is 0.332. The molecule has 4 heteroatoms. The van der Waals surface area contributed by atoms with Gasteiger partial charge >= 0.3 is 0 Å². The largest absolute Gasteiger partial charge is 0.372 e. The van der Waals surface area contributed by atoms with Crippen LogP contribution in [-0.4, -0.2) is 21.1 Å². The predicted octanol–water partition coefficient (Wildman–Crippen LogP) is 8.87. The van der Waals surface area contributed by atoms with Crippen LogP contribution in [0.25, 0.3) is 0 Å². The molecule has 210 valence electrons. The van der Waals surface area contributed by atoms with Crippen LogP contribution in [-0.2, 0) is 11.3 Å². The normalized spacial score (nSPS) is 40.5. The highest BCUT2D eigenvalue weighted by Gasteiger charge is 2.60. The molecule has 0 N–H and O–H groups in total. The third kappa shape index (κ3) is 5.31. The summed E-state index contributed by atoms with van der Waals surface area (Å²) >= 11 is 0. The van der Waals surface area contributed by atoms with Crippen molar-refractivity contribution in [3.8, 4) is 0 Å². The van der Waals surface area contributed by atoms with Crippen LogP contribution >= 0.6 is 0 Å². The van der Waals surface area contributed by atoms with Crippen LogP contribution in [0.4, 0.5) is 0 Å². The van der Waals surface area contributed by atoms with E-state index in [0.29, 0.717) is 29.6 Å². The molecule has 4 nitrogen and oxygen atoms in total. The molecule has 0 bridgehead atoms. The highest BCUT2D eigenvalue weighted by atomic mass is 16.5. The molecule has 4 saturated carbocycles. The highest BCUT2D eigenvalue weighted by molar-refractivity contribution is 5.10. The Morgan fingerprint density at radius 1 is 0.919 bits per heavy atom. The summed E-state index contributed by atoms with van der Waals surface area (Å²) in [6.07, 6.45) is 19.5. The molecule has 5 unspecified atom stereocenters. The Balaban J connectivity index is 1.19. The molecule has 0 saturated heterocycles. The Labute approximate surface area is 228 Å². The molecule has 0 spiro atoms. The Hall–Kier alpha value is -0.900. The molecule has 4 aliphatic rings. The molecule has 5 rings (SSSR count). The molecule has 0 aromatic carbocycles. The van der Waals surface area contributed by atoms with Crippen molar-refractivity contribution in [3.63, 3.8) is 0 Å². The van der Waals surface area contributed by atoms with Crippen molar-refractivity contribution in [2.75, 3.05) is 0 Å².